The molecule has 1 N–H and O–H groups in total. The summed E-state index contributed by atoms with van der Waals surface area (Å²) in [5.41, 5.74) is 2.73. The van der Waals surface area contributed by atoms with E-state index in [1.807, 2.05) is 25.1 Å². The van der Waals surface area contributed by atoms with Crippen molar-refractivity contribution in [3.8, 4) is 6.07 Å². The van der Waals surface area contributed by atoms with E-state index in [9.17, 15) is 13.2 Å². The topological polar surface area (TPSA) is 93.5 Å². The molecule has 1 fully saturated rings. The molecule has 1 aliphatic rings. The van der Waals surface area contributed by atoms with Gasteiger partial charge < -0.3 is 10.2 Å². The number of nitriles is 1. The summed E-state index contributed by atoms with van der Waals surface area (Å²) in [6.07, 6.45) is 1.02. The maximum absolute atomic E-state index is 12.8. The van der Waals surface area contributed by atoms with Crippen LogP contribution in [0.5, 0.6) is 0 Å². The number of hydrogen-bond donors (Lipinski definition) is 1. The zero-order chi connectivity index (χ0) is 23.3. The Morgan fingerprint density at radius 2 is 1.59 bits per heavy atom. The number of rotatable bonds is 6. The fraction of sp³-hybridized carbons (Fsp3) is 0.417. The van der Waals surface area contributed by atoms with E-state index in [0.29, 0.717) is 24.6 Å². The third kappa shape index (κ3) is 5.67. The Hall–Kier alpha value is -2.89. The first-order valence-electron chi connectivity index (χ1n) is 10.9. The van der Waals surface area contributed by atoms with Gasteiger partial charge in [-0.2, -0.15) is 9.57 Å². The van der Waals surface area contributed by atoms with Crippen LogP contribution in [0.2, 0.25) is 0 Å². The number of sulfonamides is 1. The van der Waals surface area contributed by atoms with Crippen LogP contribution in [0, 0.1) is 17.2 Å². The number of hydrogen-bond acceptors (Lipinski definition) is 4. The average molecular weight is 455 g/mol. The third-order valence-electron chi connectivity index (χ3n) is 5.61. The second-order valence-corrected chi connectivity index (χ2v) is 10.5. The Morgan fingerprint density at radius 1 is 1.00 bits per heavy atom. The number of amides is 2. The van der Waals surface area contributed by atoms with E-state index in [1.54, 1.807) is 4.90 Å². The molecular formula is C24H30N4O3S. The summed E-state index contributed by atoms with van der Waals surface area (Å²) in [5.74, 6) is 0.595. The van der Waals surface area contributed by atoms with Crippen molar-refractivity contribution in [2.24, 2.45) is 5.92 Å². The van der Waals surface area contributed by atoms with E-state index in [-0.39, 0.29) is 30.1 Å². The quantitative estimate of drug-likeness (QED) is 0.722. The van der Waals surface area contributed by atoms with E-state index in [0.717, 1.165) is 12.0 Å². The monoisotopic (exact) mass is 454 g/mol. The Kier molecular flexibility index (Phi) is 7.54. The van der Waals surface area contributed by atoms with E-state index in [4.69, 9.17) is 5.26 Å². The standard InChI is InChI=1S/C24H30N4O3S/c1-18(2)16-20-4-8-22(9-5-20)19(3)26-24(29)27-12-14-28(15-13-27)32(30,31)23-10-6-21(17-25)7-11-23/h4-11,18-19H,12-16H2,1-3H3,(H,26,29)/t19-/m1/s1. The van der Waals surface area contributed by atoms with Crippen LogP contribution in [0.3, 0.4) is 0 Å². The maximum Gasteiger partial charge on any atom is 0.317 e. The number of benzene rings is 2. The summed E-state index contributed by atoms with van der Waals surface area (Å²) in [5, 5.41) is 11.9. The second-order valence-electron chi connectivity index (χ2n) is 8.54. The van der Waals surface area contributed by atoms with Gasteiger partial charge in [-0.15, -0.1) is 0 Å². The fourth-order valence-electron chi connectivity index (χ4n) is 3.76. The summed E-state index contributed by atoms with van der Waals surface area (Å²) in [6.45, 7) is 7.42. The molecule has 0 unspecified atom stereocenters. The summed E-state index contributed by atoms with van der Waals surface area (Å²) in [6, 6.07) is 15.8. The number of piperazine rings is 1. The maximum atomic E-state index is 12.8. The van der Waals surface area contributed by atoms with Crippen molar-refractivity contribution >= 4 is 16.1 Å². The van der Waals surface area contributed by atoms with E-state index >= 15 is 0 Å². The normalized spacial score (nSPS) is 15.9. The van der Waals surface area contributed by atoms with Crippen LogP contribution in [0.15, 0.2) is 53.4 Å². The lowest BCUT2D eigenvalue weighted by molar-refractivity contribution is 0.169. The fourth-order valence-corrected chi connectivity index (χ4v) is 5.18. The van der Waals surface area contributed by atoms with Gasteiger partial charge in [0.1, 0.15) is 0 Å². The SMILES string of the molecule is CC(C)Cc1ccc([C@@H](C)NC(=O)N2CCN(S(=O)(=O)c3ccc(C#N)cc3)CC2)cc1. The molecule has 32 heavy (non-hydrogen) atoms. The summed E-state index contributed by atoms with van der Waals surface area (Å²) < 4.78 is 27.1. The molecule has 0 bridgehead atoms. The summed E-state index contributed by atoms with van der Waals surface area (Å²) >= 11 is 0. The Balaban J connectivity index is 1.55. The zero-order valence-electron chi connectivity index (χ0n) is 18.8. The van der Waals surface area contributed by atoms with Crippen LogP contribution >= 0.6 is 0 Å². The predicted molar refractivity (Wildman–Crippen MR) is 123 cm³/mol. The minimum Gasteiger partial charge on any atom is -0.331 e. The van der Waals surface area contributed by atoms with Crippen LogP contribution in [-0.2, 0) is 16.4 Å². The van der Waals surface area contributed by atoms with Gasteiger partial charge in [-0.3, -0.25) is 0 Å². The molecule has 1 heterocycles. The number of urea groups is 1. The first kappa shape index (κ1) is 23.8. The number of carbonyl (C=O) groups excluding carboxylic acids is 1. The van der Waals surface area contributed by atoms with Gasteiger partial charge >= 0.3 is 6.03 Å². The van der Waals surface area contributed by atoms with Gasteiger partial charge in [-0.25, -0.2) is 13.2 Å². The molecule has 0 spiro atoms. The lowest BCUT2D eigenvalue weighted by Gasteiger charge is -2.34. The minimum absolute atomic E-state index is 0.143. The van der Waals surface area contributed by atoms with Gasteiger partial charge in [-0.1, -0.05) is 38.1 Å². The van der Waals surface area contributed by atoms with Gasteiger partial charge in [0.15, 0.2) is 0 Å². The molecule has 0 aromatic heterocycles. The highest BCUT2D eigenvalue weighted by Gasteiger charge is 2.30. The van der Waals surface area contributed by atoms with Crippen LogP contribution in [0.25, 0.3) is 0 Å². The average Bonchev–Trinajstić information content (AvgIpc) is 2.79. The highest BCUT2D eigenvalue weighted by molar-refractivity contribution is 7.89. The van der Waals surface area contributed by atoms with Gasteiger partial charge in [0.25, 0.3) is 0 Å². The van der Waals surface area contributed by atoms with Crippen LogP contribution in [0.4, 0.5) is 4.79 Å². The van der Waals surface area contributed by atoms with E-state index in [1.165, 1.54) is 34.1 Å². The van der Waals surface area contributed by atoms with Gasteiger partial charge in [0.05, 0.1) is 22.6 Å². The lowest BCUT2D eigenvalue weighted by atomic mass is 10.00. The molecule has 0 radical (unpaired) electrons. The molecular weight excluding hydrogens is 424 g/mol. The third-order valence-corrected chi connectivity index (χ3v) is 7.52. The van der Waals surface area contributed by atoms with Gasteiger partial charge in [0.2, 0.25) is 10.0 Å². The van der Waals surface area contributed by atoms with Crippen molar-refractivity contribution in [3.05, 3.63) is 65.2 Å². The first-order valence-corrected chi connectivity index (χ1v) is 12.3. The molecule has 0 saturated carbocycles. The van der Waals surface area contributed by atoms with Crippen molar-refractivity contribution in [3.63, 3.8) is 0 Å². The number of nitrogens with one attached hydrogen (secondary N) is 1. The number of nitrogens with zero attached hydrogens (tertiary/aromatic N) is 3. The van der Waals surface area contributed by atoms with E-state index in [2.05, 4.69) is 31.3 Å². The molecule has 1 atom stereocenters. The van der Waals surface area contributed by atoms with Crippen molar-refractivity contribution < 1.29 is 13.2 Å². The molecule has 2 aromatic carbocycles. The van der Waals surface area contributed by atoms with Crippen LogP contribution in [0.1, 0.15) is 43.5 Å². The Labute approximate surface area is 190 Å². The molecule has 7 nitrogen and oxygen atoms in total. The molecule has 0 aliphatic carbocycles. The molecule has 3 rings (SSSR count). The largest absolute Gasteiger partial charge is 0.331 e. The molecule has 8 heteroatoms. The molecule has 1 aliphatic heterocycles. The van der Waals surface area contributed by atoms with Gasteiger partial charge in [-0.05, 0) is 54.7 Å². The Morgan fingerprint density at radius 3 is 2.12 bits per heavy atom. The molecule has 2 aromatic rings. The molecule has 2 amide bonds. The minimum atomic E-state index is -3.65. The highest BCUT2D eigenvalue weighted by Crippen LogP contribution is 2.19. The molecule has 170 valence electrons. The highest BCUT2D eigenvalue weighted by atomic mass is 32.2. The number of carbonyl (C=O) groups is 1. The van der Waals surface area contributed by atoms with Crippen molar-refractivity contribution in [2.45, 2.75) is 38.1 Å². The van der Waals surface area contributed by atoms with Gasteiger partial charge in [0, 0.05) is 26.2 Å². The van der Waals surface area contributed by atoms with Crippen molar-refractivity contribution in [2.75, 3.05) is 26.2 Å². The lowest BCUT2D eigenvalue weighted by Crippen LogP contribution is -2.53. The summed E-state index contributed by atoms with van der Waals surface area (Å²) in [7, 11) is -3.65. The van der Waals surface area contributed by atoms with E-state index < -0.39 is 10.0 Å². The van der Waals surface area contributed by atoms with Crippen molar-refractivity contribution in [1.29, 1.82) is 5.26 Å². The summed E-state index contributed by atoms with van der Waals surface area (Å²) in [4.78, 5) is 14.5. The Bertz CT molecular complexity index is 1070. The predicted octanol–water partition coefficient (Wildman–Crippen LogP) is 3.53. The van der Waals surface area contributed by atoms with Crippen LogP contribution in [-0.4, -0.2) is 49.8 Å². The van der Waals surface area contributed by atoms with Crippen LogP contribution < -0.4 is 5.32 Å². The molecule has 1 saturated heterocycles. The first-order chi connectivity index (χ1) is 15.2. The second kappa shape index (κ2) is 10.2. The zero-order valence-corrected chi connectivity index (χ0v) is 19.6. The van der Waals surface area contributed by atoms with Crippen molar-refractivity contribution in [1.82, 2.24) is 14.5 Å². The smallest absolute Gasteiger partial charge is 0.317 e.